The molecule has 5 aromatic rings. The van der Waals surface area contributed by atoms with Gasteiger partial charge in [0.1, 0.15) is 11.2 Å². The number of carbonyl (C=O) groups excluding carboxylic acids is 1. The van der Waals surface area contributed by atoms with Crippen molar-refractivity contribution < 1.29 is 4.79 Å². The Bertz CT molecular complexity index is 1600. The predicted octanol–water partition coefficient (Wildman–Crippen LogP) is 3.84. The lowest BCUT2D eigenvalue weighted by Gasteiger charge is -2.33. The Morgan fingerprint density at radius 2 is 1.95 bits per heavy atom. The second-order valence-corrected chi connectivity index (χ2v) is 9.71. The monoisotopic (exact) mass is 510 g/mol. The highest BCUT2D eigenvalue weighted by Gasteiger charge is 2.21. The van der Waals surface area contributed by atoms with E-state index in [1.165, 1.54) is 0 Å². The molecule has 1 amide bonds. The van der Waals surface area contributed by atoms with Gasteiger partial charge in [-0.2, -0.15) is 5.10 Å². The third-order valence-corrected chi connectivity index (χ3v) is 6.93. The van der Waals surface area contributed by atoms with Crippen LogP contribution >= 0.6 is 0 Å². The molecule has 3 N–H and O–H groups in total. The Hall–Kier alpha value is -4.38. The van der Waals surface area contributed by atoms with Gasteiger partial charge in [-0.3, -0.25) is 19.9 Å². The van der Waals surface area contributed by atoms with E-state index in [-0.39, 0.29) is 5.91 Å². The van der Waals surface area contributed by atoms with Crippen LogP contribution in [0.2, 0.25) is 0 Å². The third kappa shape index (κ3) is 4.68. The van der Waals surface area contributed by atoms with Gasteiger partial charge in [0.25, 0.3) is 0 Å². The molecule has 38 heavy (non-hydrogen) atoms. The molecule has 0 saturated carbocycles. The van der Waals surface area contributed by atoms with Crippen LogP contribution in [0.3, 0.4) is 0 Å². The van der Waals surface area contributed by atoms with E-state index in [4.69, 9.17) is 4.98 Å². The quantitative estimate of drug-likeness (QED) is 0.301. The average molecular weight is 511 g/mol. The van der Waals surface area contributed by atoms with Gasteiger partial charge in [0.05, 0.1) is 34.8 Å². The topological polar surface area (TPSA) is 132 Å². The number of piperazine rings is 1. The molecule has 11 heteroatoms. The number of rotatable bonds is 7. The molecule has 1 fully saturated rings. The molecule has 6 heterocycles. The van der Waals surface area contributed by atoms with E-state index in [9.17, 15) is 4.79 Å². The summed E-state index contributed by atoms with van der Waals surface area (Å²) in [4.78, 5) is 38.8. The number of aromatic nitrogens is 7. The van der Waals surface area contributed by atoms with Crippen LogP contribution in [0.15, 0.2) is 43.0 Å². The number of amides is 1. The summed E-state index contributed by atoms with van der Waals surface area (Å²) in [5.41, 5.74) is 5.46. The first-order valence-corrected chi connectivity index (χ1v) is 13.0. The van der Waals surface area contributed by atoms with Crippen molar-refractivity contribution in [1.29, 1.82) is 0 Å². The molecule has 1 aliphatic rings. The fourth-order valence-electron chi connectivity index (χ4n) is 4.75. The molecule has 1 aliphatic heterocycles. The second kappa shape index (κ2) is 10.2. The van der Waals surface area contributed by atoms with Crippen molar-refractivity contribution in [2.75, 3.05) is 43.4 Å². The van der Waals surface area contributed by atoms with Crippen molar-refractivity contribution >= 4 is 39.3 Å². The van der Waals surface area contributed by atoms with E-state index >= 15 is 0 Å². The number of H-pyrrole nitrogens is 2. The first-order valence-electron chi connectivity index (χ1n) is 13.0. The zero-order chi connectivity index (χ0) is 26.1. The molecule has 0 spiro atoms. The SMILES string of the molecule is CCCCC(=O)Nc1cncc(-c2cc3c(-c4nc5c(N6CCN(C)CC6)nccc5[nH]4)n[nH]c3cn2)c1. The van der Waals surface area contributed by atoms with Gasteiger partial charge >= 0.3 is 0 Å². The van der Waals surface area contributed by atoms with Gasteiger partial charge < -0.3 is 20.1 Å². The first-order chi connectivity index (χ1) is 18.6. The third-order valence-electron chi connectivity index (χ3n) is 6.93. The van der Waals surface area contributed by atoms with Gasteiger partial charge in [-0.05, 0) is 31.7 Å². The van der Waals surface area contributed by atoms with Crippen molar-refractivity contribution in [2.24, 2.45) is 0 Å². The molecule has 0 aliphatic carbocycles. The van der Waals surface area contributed by atoms with Gasteiger partial charge in [0.15, 0.2) is 11.6 Å². The molecule has 1 saturated heterocycles. The zero-order valence-corrected chi connectivity index (χ0v) is 21.5. The lowest BCUT2D eigenvalue weighted by atomic mass is 10.1. The van der Waals surface area contributed by atoms with E-state index in [0.29, 0.717) is 23.6 Å². The second-order valence-electron chi connectivity index (χ2n) is 9.71. The Balaban J connectivity index is 1.33. The Labute approximate surface area is 219 Å². The van der Waals surface area contributed by atoms with Crippen LogP contribution in [0, 0.1) is 0 Å². The number of unbranched alkanes of at least 4 members (excludes halogenated alkanes) is 1. The molecular weight excluding hydrogens is 480 g/mol. The molecular formula is C27H30N10O. The minimum absolute atomic E-state index is 0.0124. The van der Waals surface area contributed by atoms with Gasteiger partial charge in [0.2, 0.25) is 5.91 Å². The molecule has 0 aromatic carbocycles. The van der Waals surface area contributed by atoms with Gasteiger partial charge in [-0.25, -0.2) is 9.97 Å². The predicted molar refractivity (Wildman–Crippen MR) is 148 cm³/mol. The number of imidazole rings is 1. The van der Waals surface area contributed by atoms with Gasteiger partial charge in [0, 0.05) is 55.9 Å². The molecule has 0 atom stereocenters. The van der Waals surface area contributed by atoms with Crippen molar-refractivity contribution in [1.82, 2.24) is 40.0 Å². The number of nitrogens with one attached hydrogen (secondary N) is 3. The fourth-order valence-corrected chi connectivity index (χ4v) is 4.75. The molecule has 0 bridgehead atoms. The van der Waals surface area contributed by atoms with E-state index < -0.39 is 0 Å². The number of pyridine rings is 3. The average Bonchev–Trinajstić information content (AvgIpc) is 3.56. The van der Waals surface area contributed by atoms with E-state index in [0.717, 1.165) is 78.0 Å². The summed E-state index contributed by atoms with van der Waals surface area (Å²) in [5.74, 6) is 1.55. The summed E-state index contributed by atoms with van der Waals surface area (Å²) in [6, 6.07) is 5.81. The van der Waals surface area contributed by atoms with Gasteiger partial charge in [-0.15, -0.1) is 0 Å². The number of anilines is 2. The molecule has 11 nitrogen and oxygen atoms in total. The fraction of sp³-hybridized carbons (Fsp3) is 0.333. The summed E-state index contributed by atoms with van der Waals surface area (Å²) in [6.07, 6.45) is 9.29. The summed E-state index contributed by atoms with van der Waals surface area (Å²) in [6.45, 7) is 5.88. The van der Waals surface area contributed by atoms with Crippen LogP contribution in [-0.2, 0) is 4.79 Å². The highest BCUT2D eigenvalue weighted by Crippen LogP contribution is 2.31. The maximum Gasteiger partial charge on any atom is 0.224 e. The minimum atomic E-state index is -0.0124. The minimum Gasteiger partial charge on any atom is -0.352 e. The maximum atomic E-state index is 12.2. The number of hydrogen-bond donors (Lipinski definition) is 3. The highest BCUT2D eigenvalue weighted by molar-refractivity contribution is 5.96. The normalized spacial score (nSPS) is 14.4. The van der Waals surface area contributed by atoms with Crippen LogP contribution in [-0.4, -0.2) is 79.2 Å². The summed E-state index contributed by atoms with van der Waals surface area (Å²) >= 11 is 0. The maximum absolute atomic E-state index is 12.2. The Morgan fingerprint density at radius 1 is 1.08 bits per heavy atom. The number of nitrogens with zero attached hydrogens (tertiary/aromatic N) is 7. The number of fused-ring (bicyclic) bond motifs is 2. The summed E-state index contributed by atoms with van der Waals surface area (Å²) < 4.78 is 0. The number of carbonyl (C=O) groups is 1. The molecule has 194 valence electrons. The van der Waals surface area contributed by atoms with Crippen LogP contribution in [0.25, 0.3) is 44.7 Å². The van der Waals surface area contributed by atoms with E-state index in [1.807, 2.05) is 24.4 Å². The highest BCUT2D eigenvalue weighted by atomic mass is 16.1. The smallest absolute Gasteiger partial charge is 0.224 e. The van der Waals surface area contributed by atoms with Crippen LogP contribution < -0.4 is 10.2 Å². The van der Waals surface area contributed by atoms with Gasteiger partial charge in [-0.1, -0.05) is 13.3 Å². The van der Waals surface area contributed by atoms with E-state index in [1.54, 1.807) is 18.6 Å². The standard InChI is InChI=1S/C27H30N10O/c1-3-4-5-23(38)31-18-12-17(14-28-15-18)21-13-19-22(16-30-21)34-35-24(19)26-32-20-6-7-29-27(25(20)33-26)37-10-8-36(2)9-11-37/h6-7,12-16H,3-5,8-11H2,1-2H3,(H,31,38)(H,32,33)(H,34,35). The van der Waals surface area contributed by atoms with Crippen molar-refractivity contribution in [3.8, 4) is 22.8 Å². The molecule has 5 aromatic heterocycles. The zero-order valence-electron chi connectivity index (χ0n) is 21.5. The number of aromatic amines is 2. The lowest BCUT2D eigenvalue weighted by Crippen LogP contribution is -2.44. The van der Waals surface area contributed by atoms with Crippen molar-refractivity contribution in [3.05, 3.63) is 43.0 Å². The largest absolute Gasteiger partial charge is 0.352 e. The summed E-state index contributed by atoms with van der Waals surface area (Å²) in [7, 11) is 2.14. The molecule has 0 radical (unpaired) electrons. The molecule has 0 unspecified atom stereocenters. The number of hydrogen-bond acceptors (Lipinski definition) is 8. The van der Waals surface area contributed by atoms with Crippen LogP contribution in [0.1, 0.15) is 26.2 Å². The van der Waals surface area contributed by atoms with E-state index in [2.05, 4.69) is 59.2 Å². The summed E-state index contributed by atoms with van der Waals surface area (Å²) in [5, 5.41) is 11.5. The molecule has 6 rings (SSSR count). The Kier molecular flexibility index (Phi) is 6.42. The number of likely N-dealkylation sites (N-methyl/N-ethyl adjacent to an activating group) is 1. The lowest BCUT2D eigenvalue weighted by molar-refractivity contribution is -0.116. The van der Waals surface area contributed by atoms with Crippen molar-refractivity contribution in [3.63, 3.8) is 0 Å². The first kappa shape index (κ1) is 24.0. The Morgan fingerprint density at radius 3 is 2.79 bits per heavy atom. The van der Waals surface area contributed by atoms with Crippen LogP contribution in [0.4, 0.5) is 11.5 Å². The van der Waals surface area contributed by atoms with Crippen molar-refractivity contribution in [2.45, 2.75) is 26.2 Å². The van der Waals surface area contributed by atoms with Crippen LogP contribution in [0.5, 0.6) is 0 Å².